The Balaban J connectivity index is 1.85. The molecular formula is C26H30N4O5S. The van der Waals surface area contributed by atoms with Crippen molar-refractivity contribution in [1.29, 1.82) is 0 Å². The van der Waals surface area contributed by atoms with Crippen molar-refractivity contribution in [2.24, 2.45) is 5.92 Å². The minimum atomic E-state index is -0.512. The summed E-state index contributed by atoms with van der Waals surface area (Å²) in [5.74, 6) is -0.667. The summed E-state index contributed by atoms with van der Waals surface area (Å²) in [5.41, 5.74) is 3.04. The van der Waals surface area contributed by atoms with Gasteiger partial charge in [-0.05, 0) is 62.7 Å². The number of hydrogen-bond donors (Lipinski definition) is 2. The molecule has 0 saturated heterocycles. The number of nitro groups is 1. The molecule has 36 heavy (non-hydrogen) atoms. The van der Waals surface area contributed by atoms with E-state index in [4.69, 9.17) is 17.0 Å². The van der Waals surface area contributed by atoms with Crippen molar-refractivity contribution in [2.75, 3.05) is 18.5 Å². The van der Waals surface area contributed by atoms with Gasteiger partial charge in [-0.1, -0.05) is 32.0 Å². The highest BCUT2D eigenvalue weighted by atomic mass is 32.1. The maximum absolute atomic E-state index is 13.0. The van der Waals surface area contributed by atoms with E-state index >= 15 is 0 Å². The smallest absolute Gasteiger partial charge is 0.338 e. The predicted molar refractivity (Wildman–Crippen MR) is 142 cm³/mol. The van der Waals surface area contributed by atoms with Gasteiger partial charge in [-0.2, -0.15) is 0 Å². The standard InChI is InChI=1S/C26H30N4O5S/c1-6-29-17(5)22(25(32)35-14-15(2)3)23(28-26(29)36)18-9-11-20(12-10-18)27-24(31)19-8-7-16(4)21(13-19)30(33)34/h7-13,15,23H,6,14H2,1-5H3,(H,27,31)(H,28,36). The number of nitrogens with one attached hydrogen (secondary N) is 2. The highest BCUT2D eigenvalue weighted by Gasteiger charge is 2.34. The van der Waals surface area contributed by atoms with E-state index in [2.05, 4.69) is 10.6 Å². The van der Waals surface area contributed by atoms with E-state index in [1.807, 2.05) is 32.6 Å². The Kier molecular flexibility index (Phi) is 8.41. The molecule has 0 aliphatic carbocycles. The number of thiocarbonyl (C=S) groups is 1. The lowest BCUT2D eigenvalue weighted by Crippen LogP contribution is -2.47. The van der Waals surface area contributed by atoms with Crippen molar-refractivity contribution in [2.45, 2.75) is 40.7 Å². The van der Waals surface area contributed by atoms with Crippen molar-refractivity contribution >= 4 is 40.6 Å². The van der Waals surface area contributed by atoms with Crippen molar-refractivity contribution in [3.63, 3.8) is 0 Å². The van der Waals surface area contributed by atoms with Gasteiger partial charge in [0.1, 0.15) is 0 Å². The fraction of sp³-hybridized carbons (Fsp3) is 0.346. The summed E-state index contributed by atoms with van der Waals surface area (Å²) >= 11 is 5.52. The zero-order valence-electron chi connectivity index (χ0n) is 21.0. The molecule has 2 aromatic rings. The molecular weight excluding hydrogens is 480 g/mol. The second kappa shape index (κ2) is 11.3. The molecule has 1 aliphatic rings. The SMILES string of the molecule is CCN1C(=S)NC(c2ccc(NC(=O)c3ccc(C)c([N+](=O)[O-])c3)cc2)C(C(=O)OCC(C)C)=C1C. The van der Waals surface area contributed by atoms with Gasteiger partial charge in [0.15, 0.2) is 5.11 Å². The van der Waals surface area contributed by atoms with Crippen LogP contribution in [0.5, 0.6) is 0 Å². The summed E-state index contributed by atoms with van der Waals surface area (Å²) in [6, 6.07) is 10.8. The summed E-state index contributed by atoms with van der Waals surface area (Å²) < 4.78 is 5.54. The Morgan fingerprint density at radius 2 is 1.86 bits per heavy atom. The summed E-state index contributed by atoms with van der Waals surface area (Å²) in [6.45, 7) is 10.3. The van der Waals surface area contributed by atoms with Crippen LogP contribution in [0.3, 0.4) is 0 Å². The topological polar surface area (TPSA) is 114 Å². The first-order valence-electron chi connectivity index (χ1n) is 11.7. The van der Waals surface area contributed by atoms with E-state index in [0.29, 0.717) is 35.1 Å². The van der Waals surface area contributed by atoms with Crippen LogP contribution < -0.4 is 10.6 Å². The number of benzene rings is 2. The van der Waals surface area contributed by atoms with Gasteiger partial charge < -0.3 is 20.3 Å². The Bertz CT molecular complexity index is 1220. The van der Waals surface area contributed by atoms with Crippen molar-refractivity contribution in [3.8, 4) is 0 Å². The van der Waals surface area contributed by atoms with Gasteiger partial charge in [-0.3, -0.25) is 14.9 Å². The molecule has 0 radical (unpaired) electrons. The Morgan fingerprint density at radius 3 is 2.44 bits per heavy atom. The number of aryl methyl sites for hydroxylation is 1. The maximum Gasteiger partial charge on any atom is 0.338 e. The highest BCUT2D eigenvalue weighted by Crippen LogP contribution is 2.32. The minimum absolute atomic E-state index is 0.113. The number of carbonyl (C=O) groups excluding carboxylic acids is 2. The van der Waals surface area contributed by atoms with E-state index in [9.17, 15) is 19.7 Å². The maximum atomic E-state index is 13.0. The number of ether oxygens (including phenoxy) is 1. The van der Waals surface area contributed by atoms with Crippen LogP contribution in [-0.4, -0.2) is 40.0 Å². The molecule has 1 amide bonds. The molecule has 3 rings (SSSR count). The lowest BCUT2D eigenvalue weighted by molar-refractivity contribution is -0.385. The summed E-state index contributed by atoms with van der Waals surface area (Å²) in [4.78, 5) is 38.2. The number of hydrogen-bond acceptors (Lipinski definition) is 6. The normalized spacial score (nSPS) is 15.6. The third-order valence-electron chi connectivity index (χ3n) is 5.85. The van der Waals surface area contributed by atoms with E-state index in [0.717, 1.165) is 11.3 Å². The summed E-state index contributed by atoms with van der Waals surface area (Å²) in [6.07, 6.45) is 0. The van der Waals surface area contributed by atoms with Crippen LogP contribution in [-0.2, 0) is 9.53 Å². The summed E-state index contributed by atoms with van der Waals surface area (Å²) in [7, 11) is 0. The number of anilines is 1. The quantitative estimate of drug-likeness (QED) is 0.224. The molecule has 2 aromatic carbocycles. The fourth-order valence-electron chi connectivity index (χ4n) is 3.91. The van der Waals surface area contributed by atoms with Crippen LogP contribution >= 0.6 is 12.2 Å². The van der Waals surface area contributed by atoms with Gasteiger partial charge in [0.2, 0.25) is 0 Å². The first-order chi connectivity index (χ1) is 17.0. The lowest BCUT2D eigenvalue weighted by Gasteiger charge is -2.37. The zero-order valence-corrected chi connectivity index (χ0v) is 21.8. The van der Waals surface area contributed by atoms with Crippen LogP contribution in [0.1, 0.15) is 55.2 Å². The van der Waals surface area contributed by atoms with Crippen LogP contribution in [0.15, 0.2) is 53.7 Å². The van der Waals surface area contributed by atoms with Gasteiger partial charge >= 0.3 is 5.97 Å². The third kappa shape index (κ3) is 5.88. The lowest BCUT2D eigenvalue weighted by atomic mass is 9.94. The molecule has 10 heteroatoms. The average Bonchev–Trinajstić information content (AvgIpc) is 2.83. The van der Waals surface area contributed by atoms with Crippen LogP contribution in [0.4, 0.5) is 11.4 Å². The summed E-state index contributed by atoms with van der Waals surface area (Å²) in [5, 5.41) is 17.7. The molecule has 2 N–H and O–H groups in total. The third-order valence-corrected chi connectivity index (χ3v) is 6.19. The number of rotatable bonds is 8. The fourth-order valence-corrected chi connectivity index (χ4v) is 4.29. The molecule has 1 aliphatic heterocycles. The number of allylic oxidation sites excluding steroid dienone is 1. The largest absolute Gasteiger partial charge is 0.462 e. The van der Waals surface area contributed by atoms with E-state index in [1.54, 1.807) is 43.3 Å². The molecule has 9 nitrogen and oxygen atoms in total. The zero-order chi connectivity index (χ0) is 26.6. The monoisotopic (exact) mass is 510 g/mol. The molecule has 1 heterocycles. The second-order valence-corrected chi connectivity index (χ2v) is 9.34. The number of amides is 1. The van der Waals surface area contributed by atoms with Gasteiger partial charge in [-0.15, -0.1) is 0 Å². The van der Waals surface area contributed by atoms with E-state index < -0.39 is 22.8 Å². The number of esters is 1. The molecule has 0 saturated carbocycles. The molecule has 0 bridgehead atoms. The number of nitro benzene ring substituents is 1. The van der Waals surface area contributed by atoms with E-state index in [1.165, 1.54) is 6.07 Å². The Labute approximate surface area is 215 Å². The highest BCUT2D eigenvalue weighted by molar-refractivity contribution is 7.80. The van der Waals surface area contributed by atoms with Crippen LogP contribution in [0.25, 0.3) is 0 Å². The van der Waals surface area contributed by atoms with E-state index in [-0.39, 0.29) is 17.2 Å². The van der Waals surface area contributed by atoms with Crippen molar-refractivity contribution in [3.05, 3.63) is 80.5 Å². The Hall–Kier alpha value is -3.79. The van der Waals surface area contributed by atoms with Gasteiger partial charge in [-0.25, -0.2) is 4.79 Å². The molecule has 0 spiro atoms. The molecule has 1 atom stereocenters. The van der Waals surface area contributed by atoms with Gasteiger partial charge in [0.05, 0.1) is 23.1 Å². The van der Waals surface area contributed by atoms with Crippen LogP contribution in [0, 0.1) is 23.0 Å². The predicted octanol–water partition coefficient (Wildman–Crippen LogP) is 4.88. The van der Waals surface area contributed by atoms with Crippen molar-refractivity contribution in [1.82, 2.24) is 10.2 Å². The molecule has 0 fully saturated rings. The first kappa shape index (κ1) is 26.8. The number of nitrogens with zero attached hydrogens (tertiary/aromatic N) is 2. The van der Waals surface area contributed by atoms with Crippen LogP contribution in [0.2, 0.25) is 0 Å². The molecule has 0 aromatic heterocycles. The van der Waals surface area contributed by atoms with Crippen molar-refractivity contribution < 1.29 is 19.2 Å². The minimum Gasteiger partial charge on any atom is -0.462 e. The molecule has 1 unspecified atom stereocenters. The Morgan fingerprint density at radius 1 is 1.19 bits per heavy atom. The number of carbonyl (C=O) groups is 2. The molecule has 190 valence electrons. The second-order valence-electron chi connectivity index (χ2n) is 8.95. The van der Waals surface area contributed by atoms with Gasteiger partial charge in [0, 0.05) is 35.1 Å². The average molecular weight is 511 g/mol. The first-order valence-corrected chi connectivity index (χ1v) is 12.1. The van der Waals surface area contributed by atoms with Gasteiger partial charge in [0.25, 0.3) is 11.6 Å².